The summed E-state index contributed by atoms with van der Waals surface area (Å²) in [6.07, 6.45) is 1.66. The summed E-state index contributed by atoms with van der Waals surface area (Å²) in [5.74, 6) is -1.56. The monoisotopic (exact) mass is 461 g/mol. The predicted octanol–water partition coefficient (Wildman–Crippen LogP) is 5.12. The molecular weight excluding hydrogens is 448 g/mol. The summed E-state index contributed by atoms with van der Waals surface area (Å²) in [6, 6.07) is 12.6. The van der Waals surface area contributed by atoms with Crippen molar-refractivity contribution in [2.75, 3.05) is 0 Å². The van der Waals surface area contributed by atoms with E-state index in [0.717, 1.165) is 25.8 Å². The SMILES string of the molecule is O=C(NCc1ccccn1)c1cc2sc(Br)cc2n1Cc1ccc(F)cc1F. The minimum Gasteiger partial charge on any atom is -0.345 e. The number of thiophene rings is 1. The van der Waals surface area contributed by atoms with E-state index in [0.29, 0.717) is 11.3 Å². The van der Waals surface area contributed by atoms with Crippen molar-refractivity contribution in [2.45, 2.75) is 13.1 Å². The van der Waals surface area contributed by atoms with E-state index in [4.69, 9.17) is 0 Å². The third-order valence-corrected chi connectivity index (χ3v) is 5.87. The van der Waals surface area contributed by atoms with Gasteiger partial charge in [0.15, 0.2) is 0 Å². The Balaban J connectivity index is 1.66. The second-order valence-electron chi connectivity index (χ2n) is 6.16. The molecule has 4 nitrogen and oxygen atoms in total. The summed E-state index contributed by atoms with van der Waals surface area (Å²) < 4.78 is 31.0. The Morgan fingerprint density at radius 2 is 2.04 bits per heavy atom. The molecule has 28 heavy (non-hydrogen) atoms. The number of halogens is 3. The van der Waals surface area contributed by atoms with E-state index in [-0.39, 0.29) is 19.0 Å². The molecule has 142 valence electrons. The Hall–Kier alpha value is -2.58. The van der Waals surface area contributed by atoms with E-state index in [2.05, 4.69) is 26.2 Å². The van der Waals surface area contributed by atoms with Crippen LogP contribution in [-0.4, -0.2) is 15.5 Å². The number of aromatic nitrogens is 2. The molecule has 0 aliphatic heterocycles. The van der Waals surface area contributed by atoms with Crippen molar-refractivity contribution in [1.29, 1.82) is 0 Å². The zero-order valence-electron chi connectivity index (χ0n) is 14.5. The fourth-order valence-corrected chi connectivity index (χ4v) is 4.52. The number of carbonyl (C=O) groups is 1. The van der Waals surface area contributed by atoms with Gasteiger partial charge >= 0.3 is 0 Å². The zero-order valence-corrected chi connectivity index (χ0v) is 16.9. The Labute approximate surface area is 172 Å². The van der Waals surface area contributed by atoms with E-state index < -0.39 is 11.6 Å². The topological polar surface area (TPSA) is 46.9 Å². The van der Waals surface area contributed by atoms with Crippen molar-refractivity contribution in [3.63, 3.8) is 0 Å². The van der Waals surface area contributed by atoms with Crippen molar-refractivity contribution < 1.29 is 13.6 Å². The highest BCUT2D eigenvalue weighted by Gasteiger charge is 2.19. The van der Waals surface area contributed by atoms with Crippen LogP contribution in [0.4, 0.5) is 8.78 Å². The molecule has 0 aliphatic carbocycles. The van der Waals surface area contributed by atoms with Gasteiger partial charge in [0.1, 0.15) is 17.3 Å². The molecule has 3 heterocycles. The van der Waals surface area contributed by atoms with Crippen LogP contribution < -0.4 is 5.32 Å². The quantitative estimate of drug-likeness (QED) is 0.448. The highest BCUT2D eigenvalue weighted by Crippen LogP contribution is 2.33. The lowest BCUT2D eigenvalue weighted by Gasteiger charge is -2.12. The number of benzene rings is 1. The van der Waals surface area contributed by atoms with Crippen LogP contribution >= 0.6 is 27.3 Å². The van der Waals surface area contributed by atoms with Gasteiger partial charge in [0, 0.05) is 17.8 Å². The van der Waals surface area contributed by atoms with Crippen LogP contribution in [0.1, 0.15) is 21.7 Å². The number of carbonyl (C=O) groups excluding carboxylic acids is 1. The number of hydrogen-bond donors (Lipinski definition) is 1. The van der Waals surface area contributed by atoms with Crippen LogP contribution in [-0.2, 0) is 13.1 Å². The standard InChI is InChI=1S/C20H14BrF2N3OS/c21-19-9-16-18(28-19)8-17(20(27)25-10-14-3-1-2-6-24-14)26(16)11-12-4-5-13(22)7-15(12)23/h1-9H,10-11H2,(H,25,27). The van der Waals surface area contributed by atoms with Gasteiger partial charge in [-0.25, -0.2) is 8.78 Å². The summed E-state index contributed by atoms with van der Waals surface area (Å²) in [7, 11) is 0. The smallest absolute Gasteiger partial charge is 0.268 e. The van der Waals surface area contributed by atoms with Crippen LogP contribution in [0, 0.1) is 11.6 Å². The molecule has 0 fully saturated rings. The first-order chi connectivity index (χ1) is 13.5. The van der Waals surface area contributed by atoms with Crippen LogP contribution in [0.5, 0.6) is 0 Å². The average Bonchev–Trinajstić information content (AvgIpc) is 3.19. The van der Waals surface area contributed by atoms with Gasteiger partial charge in [-0.3, -0.25) is 9.78 Å². The summed E-state index contributed by atoms with van der Waals surface area (Å²) in [4.78, 5) is 17.0. The van der Waals surface area contributed by atoms with E-state index >= 15 is 0 Å². The molecule has 1 amide bonds. The van der Waals surface area contributed by atoms with Crippen LogP contribution in [0.25, 0.3) is 10.2 Å². The lowest BCUT2D eigenvalue weighted by Crippen LogP contribution is -2.26. The number of nitrogens with zero attached hydrogens (tertiary/aromatic N) is 2. The van der Waals surface area contributed by atoms with Gasteiger partial charge < -0.3 is 9.88 Å². The third-order valence-electron chi connectivity index (χ3n) is 4.29. The van der Waals surface area contributed by atoms with Gasteiger partial charge in [-0.2, -0.15) is 0 Å². The highest BCUT2D eigenvalue weighted by molar-refractivity contribution is 9.11. The van der Waals surface area contributed by atoms with Gasteiger partial charge in [-0.05, 0) is 46.3 Å². The van der Waals surface area contributed by atoms with Crippen molar-refractivity contribution in [3.05, 3.63) is 87.1 Å². The largest absolute Gasteiger partial charge is 0.345 e. The molecule has 4 rings (SSSR count). The second-order valence-corrected chi connectivity index (χ2v) is 8.62. The highest BCUT2D eigenvalue weighted by atomic mass is 79.9. The van der Waals surface area contributed by atoms with Crippen molar-refractivity contribution >= 4 is 43.4 Å². The second kappa shape index (κ2) is 7.81. The molecular formula is C20H14BrF2N3OS. The Kier molecular flexibility index (Phi) is 5.23. The number of amides is 1. The van der Waals surface area contributed by atoms with E-state index in [1.165, 1.54) is 23.5 Å². The number of fused-ring (bicyclic) bond motifs is 1. The number of hydrogen-bond acceptors (Lipinski definition) is 3. The average molecular weight is 462 g/mol. The molecule has 1 N–H and O–H groups in total. The fraction of sp³-hybridized carbons (Fsp3) is 0.100. The first-order valence-corrected chi connectivity index (χ1v) is 10.0. The summed E-state index contributed by atoms with van der Waals surface area (Å²) in [6.45, 7) is 0.401. The normalized spacial score (nSPS) is 11.1. The van der Waals surface area contributed by atoms with E-state index in [1.807, 2.05) is 18.2 Å². The number of rotatable bonds is 5. The molecule has 0 aliphatic rings. The molecule has 0 atom stereocenters. The van der Waals surface area contributed by atoms with Crippen molar-refractivity contribution in [2.24, 2.45) is 0 Å². The first kappa shape index (κ1) is 18.8. The Bertz CT molecular complexity index is 1160. The van der Waals surface area contributed by atoms with Gasteiger partial charge in [-0.1, -0.05) is 12.1 Å². The summed E-state index contributed by atoms with van der Waals surface area (Å²) >= 11 is 4.93. The maximum atomic E-state index is 14.2. The molecule has 8 heteroatoms. The summed E-state index contributed by atoms with van der Waals surface area (Å²) in [5, 5.41) is 2.85. The number of pyridine rings is 1. The lowest BCUT2D eigenvalue weighted by molar-refractivity contribution is 0.0942. The van der Waals surface area contributed by atoms with E-state index in [1.54, 1.807) is 22.9 Å². The minimum atomic E-state index is -0.643. The Morgan fingerprint density at radius 3 is 2.79 bits per heavy atom. The third kappa shape index (κ3) is 3.83. The van der Waals surface area contributed by atoms with E-state index in [9.17, 15) is 13.6 Å². The maximum Gasteiger partial charge on any atom is 0.268 e. The Morgan fingerprint density at radius 1 is 1.18 bits per heavy atom. The van der Waals surface area contributed by atoms with Crippen molar-refractivity contribution in [1.82, 2.24) is 14.9 Å². The van der Waals surface area contributed by atoms with Gasteiger partial charge in [0.05, 0.1) is 32.8 Å². The van der Waals surface area contributed by atoms with Gasteiger partial charge in [-0.15, -0.1) is 11.3 Å². The predicted molar refractivity (Wildman–Crippen MR) is 108 cm³/mol. The molecule has 3 aromatic heterocycles. The summed E-state index contributed by atoms with van der Waals surface area (Å²) in [5.41, 5.74) is 2.26. The molecule has 0 bridgehead atoms. The molecule has 4 aromatic rings. The zero-order chi connectivity index (χ0) is 19.7. The first-order valence-electron chi connectivity index (χ1n) is 8.42. The maximum absolute atomic E-state index is 14.2. The van der Waals surface area contributed by atoms with Crippen LogP contribution in [0.15, 0.2) is 58.5 Å². The lowest BCUT2D eigenvalue weighted by atomic mass is 10.2. The molecule has 0 saturated heterocycles. The minimum absolute atomic E-state index is 0.116. The molecule has 0 unspecified atom stereocenters. The fourth-order valence-electron chi connectivity index (χ4n) is 2.95. The van der Waals surface area contributed by atoms with Crippen LogP contribution in [0.3, 0.4) is 0 Å². The molecule has 1 aromatic carbocycles. The molecule has 0 radical (unpaired) electrons. The van der Waals surface area contributed by atoms with Crippen LogP contribution in [0.2, 0.25) is 0 Å². The van der Waals surface area contributed by atoms with Gasteiger partial charge in [0.2, 0.25) is 0 Å². The molecule has 0 saturated carbocycles. The number of nitrogens with one attached hydrogen (secondary N) is 1. The van der Waals surface area contributed by atoms with Crippen molar-refractivity contribution in [3.8, 4) is 0 Å². The molecule has 0 spiro atoms. The van der Waals surface area contributed by atoms with Gasteiger partial charge in [0.25, 0.3) is 5.91 Å².